The van der Waals surface area contributed by atoms with E-state index in [9.17, 15) is 5.11 Å². The Hall–Kier alpha value is -1.73. The molecule has 0 unspecified atom stereocenters. The summed E-state index contributed by atoms with van der Waals surface area (Å²) in [7, 11) is 0. The Labute approximate surface area is 172 Å². The van der Waals surface area contributed by atoms with Crippen molar-refractivity contribution < 1.29 is 9.84 Å². The fourth-order valence-corrected chi connectivity index (χ4v) is 5.54. The lowest BCUT2D eigenvalue weighted by Crippen LogP contribution is -2.35. The molecule has 0 radical (unpaired) electrons. The molecule has 0 spiro atoms. The Bertz CT molecular complexity index is 862. The number of benzene rings is 1. The molecule has 1 N–H and O–H groups in total. The first-order valence-electron chi connectivity index (χ1n) is 9.19. The third-order valence-electron chi connectivity index (χ3n) is 5.02. The predicted octanol–water partition coefficient (Wildman–Crippen LogP) is 4.93. The highest BCUT2D eigenvalue weighted by Crippen LogP contribution is 2.50. The molecule has 1 aromatic heterocycles. The Morgan fingerprint density at radius 2 is 2.19 bits per heavy atom. The van der Waals surface area contributed by atoms with Crippen LogP contribution < -0.4 is 4.74 Å². The normalized spacial score (nSPS) is 24.0. The summed E-state index contributed by atoms with van der Waals surface area (Å²) in [6, 6.07) is 10.3. The topological polar surface area (TPSA) is 58.0 Å². The van der Waals surface area contributed by atoms with Crippen LogP contribution in [0.4, 0.5) is 0 Å². The molecule has 1 saturated heterocycles. The molecule has 3 atom stereocenters. The number of amidine groups is 1. The fraction of sp³-hybridized carbons (Fsp3) is 0.400. The molecule has 4 rings (SSSR count). The first-order chi connectivity index (χ1) is 13.1. The van der Waals surface area contributed by atoms with Crippen LogP contribution in [0.1, 0.15) is 43.6 Å². The van der Waals surface area contributed by atoms with Gasteiger partial charge >= 0.3 is 0 Å². The maximum Gasteiger partial charge on any atom is 0.172 e. The highest BCUT2D eigenvalue weighted by atomic mass is 79.9. The molecule has 7 heteroatoms. The molecule has 1 fully saturated rings. The van der Waals surface area contributed by atoms with Crippen LogP contribution >= 0.6 is 27.7 Å². The van der Waals surface area contributed by atoms with Gasteiger partial charge < -0.3 is 14.7 Å². The summed E-state index contributed by atoms with van der Waals surface area (Å²) in [5.41, 5.74) is 2.03. The number of aromatic nitrogens is 1. The minimum atomic E-state index is -0.0750. The highest BCUT2D eigenvalue weighted by molar-refractivity contribution is 9.10. The average molecular weight is 448 g/mol. The van der Waals surface area contributed by atoms with Crippen LogP contribution in [0.2, 0.25) is 0 Å². The second-order valence-corrected chi connectivity index (χ2v) is 8.46. The molecule has 1 aromatic carbocycles. The molecule has 3 heterocycles. The molecular formula is C20H22BrN3O2S. The number of aromatic hydroxyl groups is 1. The predicted molar refractivity (Wildman–Crippen MR) is 113 cm³/mol. The summed E-state index contributed by atoms with van der Waals surface area (Å²) in [5, 5.41) is 11.4. The van der Waals surface area contributed by atoms with E-state index < -0.39 is 0 Å². The van der Waals surface area contributed by atoms with Crippen LogP contribution in [0, 0.1) is 0 Å². The van der Waals surface area contributed by atoms with Gasteiger partial charge in [-0.15, -0.1) is 0 Å². The monoisotopic (exact) mass is 447 g/mol. The summed E-state index contributed by atoms with van der Waals surface area (Å²) in [5.74, 6) is 1.69. The third-order valence-corrected chi connectivity index (χ3v) is 6.75. The van der Waals surface area contributed by atoms with E-state index in [1.807, 2.05) is 55.2 Å². The maximum atomic E-state index is 10.3. The first kappa shape index (κ1) is 18.6. The van der Waals surface area contributed by atoms with Crippen LogP contribution in [0.15, 0.2) is 46.0 Å². The number of ether oxygens (including phenoxy) is 1. The molecule has 0 saturated carbocycles. The average Bonchev–Trinajstić information content (AvgIpc) is 3.25. The zero-order chi connectivity index (χ0) is 19.0. The smallest absolute Gasteiger partial charge is 0.172 e. The van der Waals surface area contributed by atoms with E-state index >= 15 is 0 Å². The first-order valence-corrected chi connectivity index (χ1v) is 11.0. The number of hydrogen-bond donors (Lipinski definition) is 1. The Morgan fingerprint density at radius 3 is 2.89 bits per heavy atom. The molecule has 0 amide bonds. The number of fused-ring (bicyclic) bond motifs is 1. The van der Waals surface area contributed by atoms with Crippen molar-refractivity contribution in [3.63, 3.8) is 0 Å². The van der Waals surface area contributed by atoms with Crippen LogP contribution in [-0.2, 0) is 0 Å². The minimum Gasteiger partial charge on any atom is -0.503 e. The lowest BCUT2D eigenvalue weighted by atomic mass is 9.95. The second kappa shape index (κ2) is 7.72. The van der Waals surface area contributed by atoms with Gasteiger partial charge in [-0.05, 0) is 59.1 Å². The van der Waals surface area contributed by atoms with Gasteiger partial charge in [0.2, 0.25) is 0 Å². The van der Waals surface area contributed by atoms with Crippen molar-refractivity contribution in [1.82, 2.24) is 9.88 Å². The van der Waals surface area contributed by atoms with Crippen molar-refractivity contribution in [2.45, 2.75) is 38.4 Å². The van der Waals surface area contributed by atoms with Crippen molar-refractivity contribution in [3.8, 4) is 11.5 Å². The second-order valence-electron chi connectivity index (χ2n) is 6.62. The van der Waals surface area contributed by atoms with E-state index in [0.29, 0.717) is 22.9 Å². The van der Waals surface area contributed by atoms with Crippen LogP contribution in [0.5, 0.6) is 11.5 Å². The van der Waals surface area contributed by atoms with Crippen molar-refractivity contribution in [3.05, 3.63) is 52.3 Å². The number of phenols is 1. The number of pyridine rings is 1. The van der Waals surface area contributed by atoms with Crippen molar-refractivity contribution in [2.75, 3.05) is 12.4 Å². The van der Waals surface area contributed by atoms with E-state index in [1.165, 1.54) is 0 Å². The number of phenolic OH excluding ortho intramolecular Hbond substituents is 1. The van der Waals surface area contributed by atoms with Gasteiger partial charge in [0.25, 0.3) is 0 Å². The molecule has 5 nitrogen and oxygen atoms in total. The number of rotatable bonds is 5. The lowest BCUT2D eigenvalue weighted by Gasteiger charge is -2.32. The van der Waals surface area contributed by atoms with Crippen LogP contribution in [0.3, 0.4) is 0 Å². The molecule has 2 aliphatic heterocycles. The van der Waals surface area contributed by atoms with Gasteiger partial charge in [-0.3, -0.25) is 9.98 Å². The molecule has 27 heavy (non-hydrogen) atoms. The van der Waals surface area contributed by atoms with Gasteiger partial charge in [0, 0.05) is 18.0 Å². The van der Waals surface area contributed by atoms with Crippen molar-refractivity contribution >= 4 is 32.9 Å². The largest absolute Gasteiger partial charge is 0.503 e. The van der Waals surface area contributed by atoms with E-state index in [1.54, 1.807) is 0 Å². The van der Waals surface area contributed by atoms with Crippen LogP contribution in [-0.4, -0.2) is 38.6 Å². The van der Waals surface area contributed by atoms with E-state index in [-0.39, 0.29) is 17.8 Å². The van der Waals surface area contributed by atoms with Gasteiger partial charge in [-0.2, -0.15) is 0 Å². The van der Waals surface area contributed by atoms with E-state index in [4.69, 9.17) is 9.73 Å². The van der Waals surface area contributed by atoms with Crippen LogP contribution in [0.25, 0.3) is 0 Å². The fourth-order valence-electron chi connectivity index (χ4n) is 3.74. The van der Waals surface area contributed by atoms with E-state index in [2.05, 4.69) is 32.7 Å². The van der Waals surface area contributed by atoms with Gasteiger partial charge in [-0.1, -0.05) is 24.8 Å². The van der Waals surface area contributed by atoms with Gasteiger partial charge in [0.15, 0.2) is 16.7 Å². The molecule has 2 aliphatic rings. The summed E-state index contributed by atoms with van der Waals surface area (Å²) >= 11 is 5.31. The summed E-state index contributed by atoms with van der Waals surface area (Å²) < 4.78 is 6.30. The maximum absolute atomic E-state index is 10.3. The zero-order valence-corrected chi connectivity index (χ0v) is 17.7. The SMILES string of the molecule is CCOc1cc([C@@H]2[C@H](c3ccccn3)N=C3SC[C@@H](CC)N32)cc(Br)c1O. The number of thioether (sulfide) groups is 1. The number of aliphatic imine (C=N–C) groups is 1. The van der Waals surface area contributed by atoms with Gasteiger partial charge in [0.05, 0.1) is 22.8 Å². The van der Waals surface area contributed by atoms with Crippen molar-refractivity contribution in [2.24, 2.45) is 4.99 Å². The number of halogens is 1. The van der Waals surface area contributed by atoms with Gasteiger partial charge in [0.1, 0.15) is 6.04 Å². The summed E-state index contributed by atoms with van der Waals surface area (Å²) in [6.07, 6.45) is 2.88. The third kappa shape index (κ3) is 3.31. The minimum absolute atomic E-state index is 0.0333. The number of hydrogen-bond acceptors (Lipinski definition) is 6. The van der Waals surface area contributed by atoms with Gasteiger partial charge in [-0.25, -0.2) is 0 Å². The Kier molecular flexibility index (Phi) is 5.32. The van der Waals surface area contributed by atoms with E-state index in [0.717, 1.165) is 28.6 Å². The Balaban J connectivity index is 1.82. The summed E-state index contributed by atoms with van der Waals surface area (Å²) in [4.78, 5) is 12.0. The quantitative estimate of drug-likeness (QED) is 0.703. The molecule has 0 aliphatic carbocycles. The molecular weight excluding hydrogens is 426 g/mol. The standard InChI is InChI=1S/C20H22BrN3O2S/c1-3-13-11-27-20-23-17(15-7-5-6-8-22-15)18(24(13)20)12-9-14(21)19(25)16(10-12)26-4-2/h5-10,13,17-18,25H,3-4,11H2,1-2H3/t13-,17+,18-/m1/s1. The molecule has 0 bridgehead atoms. The van der Waals surface area contributed by atoms with Crippen molar-refractivity contribution in [1.29, 1.82) is 0 Å². The zero-order valence-electron chi connectivity index (χ0n) is 15.3. The summed E-state index contributed by atoms with van der Waals surface area (Å²) in [6.45, 7) is 4.63. The number of nitrogens with zero attached hydrogens (tertiary/aromatic N) is 3. The Morgan fingerprint density at radius 1 is 1.33 bits per heavy atom. The lowest BCUT2D eigenvalue weighted by molar-refractivity contribution is 0.253. The molecule has 142 valence electrons. The molecule has 2 aromatic rings. The highest BCUT2D eigenvalue weighted by Gasteiger charge is 2.45.